The summed E-state index contributed by atoms with van der Waals surface area (Å²) < 4.78 is 33.6. The quantitative estimate of drug-likeness (QED) is 0.0191. The second-order valence-electron chi connectivity index (χ2n) is 18.4. The van der Waals surface area contributed by atoms with Crippen LogP contribution in [0.5, 0.6) is 0 Å². The van der Waals surface area contributed by atoms with Gasteiger partial charge in [-0.1, -0.05) is 219 Å². The van der Waals surface area contributed by atoms with Crippen molar-refractivity contribution >= 4 is 19.8 Å². The molecule has 374 valence electrons. The molecule has 8 atom stereocenters. The van der Waals surface area contributed by atoms with Crippen LogP contribution in [0.2, 0.25) is 0 Å². The molecule has 0 aliphatic heterocycles. The van der Waals surface area contributed by atoms with Crippen LogP contribution >= 0.6 is 7.82 Å². The summed E-state index contributed by atoms with van der Waals surface area (Å²) in [5, 5.41) is 50.2. The predicted molar refractivity (Wildman–Crippen MR) is 249 cm³/mol. The van der Waals surface area contributed by atoms with Gasteiger partial charge in [0.05, 0.1) is 6.61 Å². The highest BCUT2D eigenvalue weighted by molar-refractivity contribution is 7.47. The van der Waals surface area contributed by atoms with Crippen LogP contribution in [-0.4, -0.2) is 98.3 Å². The summed E-state index contributed by atoms with van der Waals surface area (Å²) in [5.74, 6) is -1.08. The van der Waals surface area contributed by atoms with Crippen LogP contribution < -0.4 is 0 Å². The largest absolute Gasteiger partial charge is 0.472 e. The average molecular weight is 923 g/mol. The Bertz CT molecular complexity index is 1110. The van der Waals surface area contributed by atoms with E-state index in [2.05, 4.69) is 13.8 Å². The lowest BCUT2D eigenvalue weighted by atomic mass is 9.85. The third-order valence-electron chi connectivity index (χ3n) is 12.4. The molecule has 6 unspecified atom stereocenters. The Kier molecular flexibility index (Phi) is 38.0. The fourth-order valence-electron chi connectivity index (χ4n) is 8.29. The van der Waals surface area contributed by atoms with Crippen LogP contribution in [0, 0.1) is 0 Å². The van der Waals surface area contributed by atoms with Gasteiger partial charge >= 0.3 is 19.8 Å². The maximum absolute atomic E-state index is 12.8. The standard InChI is InChI=1S/C49H95O13P/c1-3-5-7-9-11-13-15-17-19-21-22-24-26-28-30-32-34-36-38-43(51)61-41(40-60-63(57,58)62-49-47(55)45(53)44(52)46(54)48(49)56)39-59-42(50)37-35-33-31-29-27-25-23-20-18-16-14-12-10-8-6-4-2/h41,44-49,52-56H,3-40H2,1-2H3,(H,57,58)/t41-,44?,45-,46?,47?,48?,49?/m1/s1. The zero-order valence-electron chi connectivity index (χ0n) is 39.9. The van der Waals surface area contributed by atoms with Crippen molar-refractivity contribution in [3.63, 3.8) is 0 Å². The number of unbranched alkanes of at least 4 members (excludes halogenated alkanes) is 32. The normalized spacial score (nSPS) is 21.6. The Labute approximate surface area is 382 Å². The molecule has 1 aliphatic rings. The number of phosphoric acid groups is 1. The molecule has 0 radical (unpaired) electrons. The van der Waals surface area contributed by atoms with Crippen LogP contribution in [0.15, 0.2) is 0 Å². The van der Waals surface area contributed by atoms with E-state index in [0.717, 1.165) is 38.5 Å². The van der Waals surface area contributed by atoms with Gasteiger partial charge in [0.25, 0.3) is 0 Å². The molecule has 0 aromatic heterocycles. The number of hydrogen-bond donors (Lipinski definition) is 6. The minimum atomic E-state index is -5.11. The van der Waals surface area contributed by atoms with Gasteiger partial charge in [0.2, 0.25) is 0 Å². The number of rotatable bonds is 44. The predicted octanol–water partition coefficient (Wildman–Crippen LogP) is 10.8. The van der Waals surface area contributed by atoms with Crippen molar-refractivity contribution in [3.8, 4) is 0 Å². The van der Waals surface area contributed by atoms with Gasteiger partial charge in [-0.15, -0.1) is 0 Å². The zero-order chi connectivity index (χ0) is 46.4. The van der Waals surface area contributed by atoms with Crippen molar-refractivity contribution < 1.29 is 63.1 Å². The van der Waals surface area contributed by atoms with Crippen LogP contribution in [0.3, 0.4) is 0 Å². The number of ether oxygens (including phenoxy) is 2. The molecule has 1 fully saturated rings. The number of carbonyl (C=O) groups excluding carboxylic acids is 2. The van der Waals surface area contributed by atoms with Gasteiger partial charge in [-0.05, 0) is 12.8 Å². The molecule has 1 saturated carbocycles. The first kappa shape index (κ1) is 59.9. The summed E-state index contributed by atoms with van der Waals surface area (Å²) in [6.07, 6.45) is 28.6. The van der Waals surface area contributed by atoms with Crippen LogP contribution in [0.1, 0.15) is 245 Å². The molecule has 1 aliphatic carbocycles. The second kappa shape index (κ2) is 40.0. The number of aliphatic hydroxyl groups is 5. The van der Waals surface area contributed by atoms with Gasteiger partial charge in [0, 0.05) is 12.8 Å². The summed E-state index contributed by atoms with van der Waals surface area (Å²) in [5.41, 5.74) is 0. The first-order valence-corrected chi connectivity index (χ1v) is 27.3. The van der Waals surface area contributed by atoms with Crippen molar-refractivity contribution in [2.45, 2.75) is 288 Å². The van der Waals surface area contributed by atoms with Crippen LogP contribution in [0.25, 0.3) is 0 Å². The minimum Gasteiger partial charge on any atom is -0.462 e. The number of aliphatic hydroxyl groups excluding tert-OH is 5. The van der Waals surface area contributed by atoms with Crippen molar-refractivity contribution in [2.75, 3.05) is 13.2 Å². The van der Waals surface area contributed by atoms with Crippen molar-refractivity contribution in [3.05, 3.63) is 0 Å². The lowest BCUT2D eigenvalue weighted by Gasteiger charge is -2.41. The van der Waals surface area contributed by atoms with Gasteiger partial charge in [0.1, 0.15) is 43.2 Å². The first-order valence-electron chi connectivity index (χ1n) is 25.8. The molecule has 63 heavy (non-hydrogen) atoms. The molecule has 13 nitrogen and oxygen atoms in total. The summed E-state index contributed by atoms with van der Waals surface area (Å²) >= 11 is 0. The highest BCUT2D eigenvalue weighted by atomic mass is 31.2. The van der Waals surface area contributed by atoms with E-state index in [9.17, 15) is 44.6 Å². The molecular formula is C49H95O13P. The average Bonchev–Trinajstić information content (AvgIpc) is 3.26. The molecule has 0 heterocycles. The molecule has 0 bridgehead atoms. The Morgan fingerprint density at radius 3 is 1.05 bits per heavy atom. The van der Waals surface area contributed by atoms with Gasteiger partial charge in [-0.3, -0.25) is 18.6 Å². The SMILES string of the molecule is CCCCCCCCCCCCCCCCCCCCC(=O)O[C@H](COC(=O)CCCCCCCCCCCCCCCCCC)COP(=O)(O)OC1C(O)C(O)C(O)[C@@H](O)C1O. The van der Waals surface area contributed by atoms with E-state index in [0.29, 0.717) is 12.8 Å². The fraction of sp³-hybridized carbons (Fsp3) is 0.959. The summed E-state index contributed by atoms with van der Waals surface area (Å²) in [7, 11) is -5.11. The number of hydrogen-bond acceptors (Lipinski definition) is 12. The third kappa shape index (κ3) is 32.2. The molecule has 0 spiro atoms. The molecule has 14 heteroatoms. The molecule has 0 amide bonds. The van der Waals surface area contributed by atoms with Gasteiger partial charge < -0.3 is 39.9 Å². The smallest absolute Gasteiger partial charge is 0.462 e. The fourth-order valence-corrected chi connectivity index (χ4v) is 9.26. The third-order valence-corrected chi connectivity index (χ3v) is 13.4. The molecule has 0 aromatic carbocycles. The molecule has 6 N–H and O–H groups in total. The van der Waals surface area contributed by atoms with Crippen molar-refractivity contribution in [1.82, 2.24) is 0 Å². The number of esters is 2. The summed E-state index contributed by atoms with van der Waals surface area (Å²) in [6.45, 7) is 3.35. The van der Waals surface area contributed by atoms with E-state index >= 15 is 0 Å². The van der Waals surface area contributed by atoms with Crippen LogP contribution in [0.4, 0.5) is 0 Å². The second-order valence-corrected chi connectivity index (χ2v) is 19.8. The lowest BCUT2D eigenvalue weighted by molar-refractivity contribution is -0.220. The van der Waals surface area contributed by atoms with E-state index in [1.807, 2.05) is 0 Å². The van der Waals surface area contributed by atoms with Crippen LogP contribution in [-0.2, 0) is 32.7 Å². The van der Waals surface area contributed by atoms with Crippen molar-refractivity contribution in [2.24, 2.45) is 0 Å². The highest BCUT2D eigenvalue weighted by Gasteiger charge is 2.51. The maximum Gasteiger partial charge on any atom is 0.472 e. The minimum absolute atomic E-state index is 0.105. The summed E-state index contributed by atoms with van der Waals surface area (Å²) in [6, 6.07) is 0. The molecule has 0 saturated heterocycles. The highest BCUT2D eigenvalue weighted by Crippen LogP contribution is 2.47. The Morgan fingerprint density at radius 1 is 0.429 bits per heavy atom. The molecular weight excluding hydrogens is 828 g/mol. The van der Waals surface area contributed by atoms with E-state index in [4.69, 9.17) is 18.5 Å². The van der Waals surface area contributed by atoms with E-state index in [-0.39, 0.29) is 12.8 Å². The maximum atomic E-state index is 12.8. The Morgan fingerprint density at radius 2 is 0.714 bits per heavy atom. The number of carbonyl (C=O) groups is 2. The molecule has 0 aromatic rings. The zero-order valence-corrected chi connectivity index (χ0v) is 40.8. The van der Waals surface area contributed by atoms with Crippen molar-refractivity contribution in [1.29, 1.82) is 0 Å². The van der Waals surface area contributed by atoms with E-state index in [1.54, 1.807) is 0 Å². The van der Waals surface area contributed by atoms with Gasteiger partial charge in [-0.25, -0.2) is 4.57 Å². The number of phosphoric ester groups is 1. The van der Waals surface area contributed by atoms with E-state index in [1.165, 1.54) is 167 Å². The first-order chi connectivity index (χ1) is 30.4. The lowest BCUT2D eigenvalue weighted by Crippen LogP contribution is -2.64. The van der Waals surface area contributed by atoms with E-state index < -0.39 is 75.7 Å². The van der Waals surface area contributed by atoms with Gasteiger partial charge in [0.15, 0.2) is 6.10 Å². The summed E-state index contributed by atoms with van der Waals surface area (Å²) in [4.78, 5) is 35.8. The Hall–Kier alpha value is -1.15. The Balaban J connectivity index is 2.38. The monoisotopic (exact) mass is 923 g/mol. The molecule has 1 rings (SSSR count). The topological polar surface area (TPSA) is 210 Å². The van der Waals surface area contributed by atoms with Gasteiger partial charge in [-0.2, -0.15) is 0 Å².